The van der Waals surface area contributed by atoms with E-state index < -0.39 is 11.2 Å². The highest BCUT2D eigenvalue weighted by atomic mass is 32.2. The average Bonchev–Trinajstić information content (AvgIpc) is 3.09. The van der Waals surface area contributed by atoms with Gasteiger partial charge in [0.1, 0.15) is 22.0 Å². The Morgan fingerprint density at radius 2 is 2.19 bits per heavy atom. The van der Waals surface area contributed by atoms with Gasteiger partial charge in [-0.05, 0) is 12.5 Å². The van der Waals surface area contributed by atoms with Crippen molar-refractivity contribution in [1.29, 1.82) is 5.26 Å². The molecular weight excluding hydrogens is 370 g/mol. The number of hydrogen-bond donors (Lipinski definition) is 1. The van der Waals surface area contributed by atoms with Crippen LogP contribution in [0.15, 0.2) is 40.5 Å². The molecule has 3 aromatic rings. The minimum Gasteiger partial charge on any atom is -0.449 e. The summed E-state index contributed by atoms with van der Waals surface area (Å²) >= 11 is 2.72. The summed E-state index contributed by atoms with van der Waals surface area (Å²) in [7, 11) is 0. The zero-order chi connectivity index (χ0) is 18.5. The molecule has 6 nitrogen and oxygen atoms in total. The Kier molecular flexibility index (Phi) is 5.71. The van der Waals surface area contributed by atoms with Crippen molar-refractivity contribution in [2.75, 3.05) is 6.61 Å². The van der Waals surface area contributed by atoms with Gasteiger partial charge in [0.15, 0.2) is 6.61 Å². The van der Waals surface area contributed by atoms with Crippen molar-refractivity contribution >= 4 is 39.3 Å². The summed E-state index contributed by atoms with van der Waals surface area (Å²) in [4.78, 5) is 32.2. The topological polar surface area (TPSA) is 95.8 Å². The molecule has 1 aromatic carbocycles. The second kappa shape index (κ2) is 8.17. The number of benzene rings is 1. The number of carbonyl (C=O) groups excluding carboxylic acids is 1. The smallest absolute Gasteiger partial charge is 0.319 e. The maximum Gasteiger partial charge on any atom is 0.319 e. The zero-order valence-electron chi connectivity index (χ0n) is 13.9. The van der Waals surface area contributed by atoms with Crippen molar-refractivity contribution in [3.05, 3.63) is 51.9 Å². The van der Waals surface area contributed by atoms with Gasteiger partial charge in [-0.15, -0.1) is 23.1 Å². The third-order valence-electron chi connectivity index (χ3n) is 3.66. The molecule has 0 aliphatic heterocycles. The van der Waals surface area contributed by atoms with Crippen molar-refractivity contribution < 1.29 is 9.53 Å². The highest BCUT2D eigenvalue weighted by Gasteiger charge is 2.17. The predicted molar refractivity (Wildman–Crippen MR) is 103 cm³/mol. The maximum atomic E-state index is 12.5. The largest absolute Gasteiger partial charge is 0.449 e. The van der Waals surface area contributed by atoms with Gasteiger partial charge >= 0.3 is 5.97 Å². The number of ether oxygens (including phenoxy) is 1. The molecule has 0 aliphatic rings. The van der Waals surface area contributed by atoms with E-state index in [0.717, 1.165) is 11.1 Å². The van der Waals surface area contributed by atoms with E-state index in [4.69, 9.17) is 10.00 Å². The number of aromatic nitrogens is 2. The molecule has 0 saturated heterocycles. The third-order valence-corrected chi connectivity index (χ3v) is 5.66. The molecule has 0 radical (unpaired) electrons. The number of aromatic amines is 1. The van der Waals surface area contributed by atoms with E-state index in [-0.39, 0.29) is 12.2 Å². The fourth-order valence-electron chi connectivity index (χ4n) is 2.38. The first-order chi connectivity index (χ1) is 12.6. The van der Waals surface area contributed by atoms with Gasteiger partial charge in [0, 0.05) is 10.9 Å². The Labute approximate surface area is 157 Å². The van der Waals surface area contributed by atoms with Crippen molar-refractivity contribution in [2.45, 2.75) is 17.9 Å². The molecule has 2 aromatic heterocycles. The fraction of sp³-hybridized carbons (Fsp3) is 0.222. The van der Waals surface area contributed by atoms with Gasteiger partial charge in [-0.2, -0.15) is 5.26 Å². The van der Waals surface area contributed by atoms with Gasteiger partial charge in [-0.3, -0.25) is 9.59 Å². The lowest BCUT2D eigenvalue weighted by Gasteiger charge is -2.09. The van der Waals surface area contributed by atoms with Crippen LogP contribution in [0.1, 0.15) is 12.7 Å². The SMILES string of the molecule is C[C@H](SCc1nc2scc(-c3ccccc3)c2c(=O)[nH]1)C(=O)OCC#N. The number of thiophene rings is 1. The van der Waals surface area contributed by atoms with Crippen LogP contribution in [-0.2, 0) is 15.3 Å². The van der Waals surface area contributed by atoms with Crippen LogP contribution < -0.4 is 5.56 Å². The first-order valence-corrected chi connectivity index (χ1v) is 9.74. The molecule has 0 fully saturated rings. The maximum absolute atomic E-state index is 12.5. The number of fused-ring (bicyclic) bond motifs is 1. The molecule has 1 N–H and O–H groups in total. The Morgan fingerprint density at radius 3 is 2.92 bits per heavy atom. The summed E-state index contributed by atoms with van der Waals surface area (Å²) < 4.78 is 4.78. The summed E-state index contributed by atoms with van der Waals surface area (Å²) in [5.74, 6) is 0.420. The monoisotopic (exact) mass is 385 g/mol. The molecule has 0 aliphatic carbocycles. The normalized spacial score (nSPS) is 11.8. The number of nitriles is 1. The molecule has 0 saturated carbocycles. The number of nitrogens with one attached hydrogen (secondary N) is 1. The molecule has 2 heterocycles. The summed E-state index contributed by atoms with van der Waals surface area (Å²) in [6.07, 6.45) is 0. The molecular formula is C18H15N3O3S2. The van der Waals surface area contributed by atoms with Gasteiger partial charge in [0.05, 0.1) is 11.1 Å². The van der Waals surface area contributed by atoms with Crippen LogP contribution in [0.3, 0.4) is 0 Å². The molecule has 1 atom stereocenters. The lowest BCUT2D eigenvalue weighted by molar-refractivity contribution is -0.141. The van der Waals surface area contributed by atoms with Crippen LogP contribution in [0.2, 0.25) is 0 Å². The highest BCUT2D eigenvalue weighted by Crippen LogP contribution is 2.30. The standard InChI is InChI=1S/C18H15N3O3S2/c1-11(18(23)24-8-7-19)25-10-14-20-16(22)15-13(9-26-17(15)21-14)12-5-3-2-4-6-12/h2-6,9,11H,8,10H2,1H3,(H,20,21,22)/t11-/m0/s1. The summed E-state index contributed by atoms with van der Waals surface area (Å²) in [6.45, 7) is 1.43. The summed E-state index contributed by atoms with van der Waals surface area (Å²) in [5, 5.41) is 10.5. The Morgan fingerprint density at radius 1 is 1.42 bits per heavy atom. The van der Waals surface area contributed by atoms with Crippen LogP contribution >= 0.6 is 23.1 Å². The number of esters is 1. The minimum atomic E-state index is -0.456. The molecule has 0 unspecified atom stereocenters. The summed E-state index contributed by atoms with van der Waals surface area (Å²) in [5.41, 5.74) is 1.65. The number of nitrogens with zero attached hydrogens (tertiary/aromatic N) is 2. The van der Waals surface area contributed by atoms with Gasteiger partial charge in [0.2, 0.25) is 0 Å². The zero-order valence-corrected chi connectivity index (χ0v) is 15.5. The van der Waals surface area contributed by atoms with E-state index in [0.29, 0.717) is 21.8 Å². The third kappa shape index (κ3) is 3.95. The van der Waals surface area contributed by atoms with Crippen LogP contribution in [0.5, 0.6) is 0 Å². The quantitative estimate of drug-likeness (QED) is 0.654. The minimum absolute atomic E-state index is 0.189. The van der Waals surface area contributed by atoms with E-state index in [1.807, 2.05) is 35.7 Å². The number of carbonyl (C=O) groups is 1. The number of hydrogen-bond acceptors (Lipinski definition) is 7. The first kappa shape index (κ1) is 18.2. The van der Waals surface area contributed by atoms with Crippen LogP contribution in [-0.4, -0.2) is 27.8 Å². The van der Waals surface area contributed by atoms with Gasteiger partial charge in [-0.1, -0.05) is 30.3 Å². The van der Waals surface area contributed by atoms with Crippen LogP contribution in [0, 0.1) is 11.3 Å². The van der Waals surface area contributed by atoms with E-state index in [2.05, 4.69) is 9.97 Å². The van der Waals surface area contributed by atoms with Gasteiger partial charge in [-0.25, -0.2) is 4.98 Å². The van der Waals surface area contributed by atoms with E-state index in [9.17, 15) is 9.59 Å². The van der Waals surface area contributed by atoms with Gasteiger partial charge < -0.3 is 9.72 Å². The molecule has 0 amide bonds. The van der Waals surface area contributed by atoms with Crippen molar-refractivity contribution in [2.24, 2.45) is 0 Å². The summed E-state index contributed by atoms with van der Waals surface area (Å²) in [6, 6.07) is 11.5. The first-order valence-electron chi connectivity index (χ1n) is 7.81. The van der Waals surface area contributed by atoms with Crippen molar-refractivity contribution in [3.8, 4) is 17.2 Å². The fourth-order valence-corrected chi connectivity index (χ4v) is 4.10. The molecule has 3 rings (SSSR count). The van der Waals surface area contributed by atoms with Crippen LogP contribution in [0.25, 0.3) is 21.3 Å². The predicted octanol–water partition coefficient (Wildman–Crippen LogP) is 3.34. The molecule has 0 bridgehead atoms. The highest BCUT2D eigenvalue weighted by molar-refractivity contribution is 7.99. The van der Waals surface area contributed by atoms with Crippen LogP contribution in [0.4, 0.5) is 0 Å². The average molecular weight is 385 g/mol. The lowest BCUT2D eigenvalue weighted by atomic mass is 10.1. The number of H-pyrrole nitrogens is 1. The number of rotatable bonds is 6. The Hall–Kier alpha value is -2.63. The number of thioether (sulfide) groups is 1. The Balaban J connectivity index is 1.79. The molecule has 132 valence electrons. The van der Waals surface area contributed by atoms with E-state index in [1.54, 1.807) is 13.0 Å². The molecule has 26 heavy (non-hydrogen) atoms. The van der Waals surface area contributed by atoms with E-state index in [1.165, 1.54) is 23.1 Å². The second-order valence-electron chi connectivity index (χ2n) is 5.43. The van der Waals surface area contributed by atoms with Crippen molar-refractivity contribution in [3.63, 3.8) is 0 Å². The van der Waals surface area contributed by atoms with Gasteiger partial charge in [0.25, 0.3) is 5.56 Å². The Bertz CT molecular complexity index is 1020. The molecule has 8 heteroatoms. The second-order valence-corrected chi connectivity index (χ2v) is 7.61. The molecule has 0 spiro atoms. The van der Waals surface area contributed by atoms with Crippen molar-refractivity contribution in [1.82, 2.24) is 9.97 Å². The lowest BCUT2D eigenvalue weighted by Crippen LogP contribution is -2.18. The van der Waals surface area contributed by atoms with E-state index >= 15 is 0 Å².